The normalized spacial score (nSPS) is 11.4. The third kappa shape index (κ3) is 3.97. The summed E-state index contributed by atoms with van der Waals surface area (Å²) in [6.07, 6.45) is 0. The maximum atomic E-state index is 12.4. The maximum absolute atomic E-state index is 12.4. The van der Waals surface area contributed by atoms with Crippen molar-refractivity contribution in [1.82, 2.24) is 5.32 Å². The van der Waals surface area contributed by atoms with E-state index in [1.165, 1.54) is 0 Å². The number of nitrogens with one attached hydrogen (secondary N) is 2. The fourth-order valence-corrected chi connectivity index (χ4v) is 3.31. The highest BCUT2D eigenvalue weighted by molar-refractivity contribution is 7.92. The van der Waals surface area contributed by atoms with E-state index in [4.69, 9.17) is 11.6 Å². The summed E-state index contributed by atoms with van der Waals surface area (Å²) in [5.41, 5.74) is 2.22. The number of anilines is 1. The summed E-state index contributed by atoms with van der Waals surface area (Å²) < 4.78 is 27.4. The molecule has 0 radical (unpaired) electrons. The standard InChI is InChI=1S/C15H17ClN2O2S/c1-11-6-7-14(16)15(8-11)18-21(19,20)13-5-3-4-12(9-13)10-17-2/h3-9,17-18H,10H2,1-2H3. The van der Waals surface area contributed by atoms with Crippen molar-refractivity contribution in [1.29, 1.82) is 0 Å². The van der Waals surface area contributed by atoms with Gasteiger partial charge in [-0.05, 0) is 49.4 Å². The van der Waals surface area contributed by atoms with Crippen LogP contribution in [-0.2, 0) is 16.6 Å². The zero-order chi connectivity index (χ0) is 15.5. The molecule has 0 unspecified atom stereocenters. The molecule has 0 aliphatic carbocycles. The summed E-state index contributed by atoms with van der Waals surface area (Å²) in [5.74, 6) is 0. The molecule has 0 spiro atoms. The quantitative estimate of drug-likeness (QED) is 0.888. The van der Waals surface area contributed by atoms with Crippen molar-refractivity contribution in [2.75, 3.05) is 11.8 Å². The molecular formula is C15H17ClN2O2S. The molecule has 2 aromatic carbocycles. The lowest BCUT2D eigenvalue weighted by Gasteiger charge is -2.11. The van der Waals surface area contributed by atoms with Crippen LogP contribution in [0.4, 0.5) is 5.69 Å². The highest BCUT2D eigenvalue weighted by atomic mass is 35.5. The van der Waals surface area contributed by atoms with Gasteiger partial charge in [0.05, 0.1) is 15.6 Å². The molecule has 0 aliphatic heterocycles. The Kier molecular flexibility index (Phi) is 4.88. The second kappa shape index (κ2) is 6.47. The monoisotopic (exact) mass is 324 g/mol. The molecule has 2 aromatic rings. The van der Waals surface area contributed by atoms with Gasteiger partial charge in [0.15, 0.2) is 0 Å². The van der Waals surface area contributed by atoms with E-state index in [0.717, 1.165) is 11.1 Å². The van der Waals surface area contributed by atoms with Crippen LogP contribution in [0.15, 0.2) is 47.4 Å². The van der Waals surface area contributed by atoms with Crippen molar-refractivity contribution in [2.24, 2.45) is 0 Å². The van der Waals surface area contributed by atoms with Crippen molar-refractivity contribution in [3.8, 4) is 0 Å². The minimum absolute atomic E-state index is 0.216. The van der Waals surface area contributed by atoms with Crippen LogP contribution in [0.5, 0.6) is 0 Å². The Bertz CT molecular complexity index is 745. The van der Waals surface area contributed by atoms with Crippen LogP contribution in [0.2, 0.25) is 5.02 Å². The number of halogens is 1. The molecule has 0 saturated carbocycles. The van der Waals surface area contributed by atoms with E-state index in [1.54, 1.807) is 30.3 Å². The molecule has 0 aromatic heterocycles. The Hall–Kier alpha value is -1.56. The van der Waals surface area contributed by atoms with Crippen LogP contribution in [0.25, 0.3) is 0 Å². The SMILES string of the molecule is CNCc1cccc(S(=O)(=O)Nc2cc(C)ccc2Cl)c1. The predicted octanol–water partition coefficient (Wildman–Crippen LogP) is 3.17. The lowest BCUT2D eigenvalue weighted by Crippen LogP contribution is -2.14. The van der Waals surface area contributed by atoms with E-state index in [-0.39, 0.29) is 4.90 Å². The smallest absolute Gasteiger partial charge is 0.261 e. The fourth-order valence-electron chi connectivity index (χ4n) is 1.95. The highest BCUT2D eigenvalue weighted by Crippen LogP contribution is 2.25. The molecule has 0 atom stereocenters. The fraction of sp³-hybridized carbons (Fsp3) is 0.200. The topological polar surface area (TPSA) is 58.2 Å². The van der Waals surface area contributed by atoms with Gasteiger partial charge in [0, 0.05) is 6.54 Å². The zero-order valence-electron chi connectivity index (χ0n) is 11.9. The maximum Gasteiger partial charge on any atom is 0.261 e. The van der Waals surface area contributed by atoms with Gasteiger partial charge in [-0.1, -0.05) is 29.8 Å². The van der Waals surface area contributed by atoms with Gasteiger partial charge in [-0.15, -0.1) is 0 Å². The molecule has 2 rings (SSSR count). The van der Waals surface area contributed by atoms with E-state index in [1.807, 2.05) is 26.1 Å². The van der Waals surface area contributed by atoms with Crippen molar-refractivity contribution in [2.45, 2.75) is 18.4 Å². The molecule has 112 valence electrons. The molecule has 6 heteroatoms. The van der Waals surface area contributed by atoms with E-state index in [2.05, 4.69) is 10.0 Å². The zero-order valence-corrected chi connectivity index (χ0v) is 13.4. The number of benzene rings is 2. The number of rotatable bonds is 5. The Morgan fingerprint density at radius 3 is 2.62 bits per heavy atom. The number of sulfonamides is 1. The van der Waals surface area contributed by atoms with Crippen LogP contribution in [-0.4, -0.2) is 15.5 Å². The minimum Gasteiger partial charge on any atom is -0.316 e. The van der Waals surface area contributed by atoms with Gasteiger partial charge in [0.25, 0.3) is 10.0 Å². The largest absolute Gasteiger partial charge is 0.316 e. The summed E-state index contributed by atoms with van der Waals surface area (Å²) in [4.78, 5) is 0.216. The summed E-state index contributed by atoms with van der Waals surface area (Å²) in [6, 6.07) is 12.0. The molecule has 0 fully saturated rings. The Balaban J connectivity index is 2.34. The number of hydrogen-bond acceptors (Lipinski definition) is 3. The van der Waals surface area contributed by atoms with Crippen LogP contribution in [0.3, 0.4) is 0 Å². The summed E-state index contributed by atoms with van der Waals surface area (Å²) >= 11 is 6.03. The Labute approximate surface area is 130 Å². The van der Waals surface area contributed by atoms with Crippen molar-refractivity contribution < 1.29 is 8.42 Å². The predicted molar refractivity (Wildman–Crippen MR) is 86.2 cm³/mol. The molecule has 0 aliphatic rings. The molecule has 0 heterocycles. The van der Waals surface area contributed by atoms with Gasteiger partial charge in [0.2, 0.25) is 0 Å². The first kappa shape index (κ1) is 15.8. The average Bonchev–Trinajstić information content (AvgIpc) is 2.43. The molecule has 0 bridgehead atoms. The van der Waals surface area contributed by atoms with Crippen LogP contribution in [0, 0.1) is 6.92 Å². The average molecular weight is 325 g/mol. The van der Waals surface area contributed by atoms with E-state index in [9.17, 15) is 8.42 Å². The third-order valence-corrected chi connectivity index (χ3v) is 4.65. The molecule has 2 N–H and O–H groups in total. The lowest BCUT2D eigenvalue weighted by molar-refractivity contribution is 0.601. The summed E-state index contributed by atoms with van der Waals surface area (Å²) in [6.45, 7) is 2.48. The van der Waals surface area contributed by atoms with Crippen LogP contribution >= 0.6 is 11.6 Å². The van der Waals surface area contributed by atoms with Crippen LogP contribution < -0.4 is 10.0 Å². The van der Waals surface area contributed by atoms with E-state index in [0.29, 0.717) is 17.3 Å². The Morgan fingerprint density at radius 1 is 1.14 bits per heavy atom. The number of aryl methyl sites for hydroxylation is 1. The highest BCUT2D eigenvalue weighted by Gasteiger charge is 2.16. The van der Waals surface area contributed by atoms with Crippen molar-refractivity contribution in [3.63, 3.8) is 0 Å². The minimum atomic E-state index is -3.66. The van der Waals surface area contributed by atoms with Gasteiger partial charge in [-0.3, -0.25) is 4.72 Å². The first-order chi connectivity index (χ1) is 9.92. The first-order valence-electron chi connectivity index (χ1n) is 6.45. The van der Waals surface area contributed by atoms with Gasteiger partial charge in [-0.25, -0.2) is 8.42 Å². The summed E-state index contributed by atoms with van der Waals surface area (Å²) in [7, 11) is -1.84. The van der Waals surface area contributed by atoms with Gasteiger partial charge < -0.3 is 5.32 Å². The van der Waals surface area contributed by atoms with Crippen molar-refractivity contribution >= 4 is 27.3 Å². The molecule has 4 nitrogen and oxygen atoms in total. The van der Waals surface area contributed by atoms with Gasteiger partial charge in [0.1, 0.15) is 0 Å². The second-order valence-corrected chi connectivity index (χ2v) is 6.86. The van der Waals surface area contributed by atoms with Crippen molar-refractivity contribution in [3.05, 3.63) is 58.6 Å². The second-order valence-electron chi connectivity index (χ2n) is 4.77. The molecular weight excluding hydrogens is 308 g/mol. The first-order valence-corrected chi connectivity index (χ1v) is 8.31. The lowest BCUT2D eigenvalue weighted by atomic mass is 10.2. The number of hydrogen-bond donors (Lipinski definition) is 2. The van der Waals surface area contributed by atoms with E-state index < -0.39 is 10.0 Å². The van der Waals surface area contributed by atoms with Gasteiger partial charge >= 0.3 is 0 Å². The van der Waals surface area contributed by atoms with Crippen LogP contribution in [0.1, 0.15) is 11.1 Å². The molecule has 0 saturated heterocycles. The molecule has 0 amide bonds. The molecule has 21 heavy (non-hydrogen) atoms. The summed E-state index contributed by atoms with van der Waals surface area (Å²) in [5, 5.41) is 3.36. The van der Waals surface area contributed by atoms with Gasteiger partial charge in [-0.2, -0.15) is 0 Å². The Morgan fingerprint density at radius 2 is 1.90 bits per heavy atom. The van der Waals surface area contributed by atoms with E-state index >= 15 is 0 Å². The third-order valence-electron chi connectivity index (χ3n) is 2.96.